The van der Waals surface area contributed by atoms with Crippen LogP contribution in [0.4, 0.5) is 0 Å². The zero-order valence-corrected chi connectivity index (χ0v) is 12.1. The predicted octanol–water partition coefficient (Wildman–Crippen LogP) is 1.45. The molecule has 1 aliphatic carbocycles. The van der Waals surface area contributed by atoms with E-state index in [0.717, 1.165) is 0 Å². The Bertz CT molecular complexity index is 505. The molecule has 0 aromatic heterocycles. The Kier molecular flexibility index (Phi) is 3.59. The summed E-state index contributed by atoms with van der Waals surface area (Å²) in [7, 11) is 0. The van der Waals surface area contributed by atoms with E-state index in [4.69, 9.17) is 9.47 Å². The lowest BCUT2D eigenvalue weighted by atomic mass is 9.91. The maximum Gasteiger partial charge on any atom is 0.178 e. The van der Waals surface area contributed by atoms with Gasteiger partial charge < -0.3 is 14.6 Å². The molecule has 21 heavy (non-hydrogen) atoms. The maximum absolute atomic E-state index is 11.3. The number of ketones is 2. The second kappa shape index (κ2) is 5.16. The Hall–Kier alpha value is -1.30. The van der Waals surface area contributed by atoms with E-state index in [9.17, 15) is 14.7 Å². The van der Waals surface area contributed by atoms with Crippen molar-refractivity contribution in [3.63, 3.8) is 0 Å². The van der Waals surface area contributed by atoms with Gasteiger partial charge in [-0.25, -0.2) is 0 Å². The summed E-state index contributed by atoms with van der Waals surface area (Å²) < 4.78 is 12.1. The van der Waals surface area contributed by atoms with E-state index in [0.29, 0.717) is 32.1 Å². The highest BCUT2D eigenvalue weighted by Crippen LogP contribution is 2.47. The van der Waals surface area contributed by atoms with Crippen molar-refractivity contribution in [3.05, 3.63) is 24.3 Å². The van der Waals surface area contributed by atoms with Crippen LogP contribution >= 0.6 is 0 Å². The average Bonchev–Trinajstić information content (AvgIpc) is 2.70. The molecule has 2 aliphatic heterocycles. The van der Waals surface area contributed by atoms with Crippen LogP contribution in [0.3, 0.4) is 0 Å². The number of hydrogen-bond acceptors (Lipinski definition) is 5. The van der Waals surface area contributed by atoms with E-state index in [1.807, 2.05) is 0 Å². The molecule has 114 valence electrons. The number of aliphatic hydroxyl groups is 1. The molecule has 0 amide bonds. The molecule has 3 atom stereocenters. The van der Waals surface area contributed by atoms with Crippen LogP contribution in [-0.4, -0.2) is 40.3 Å². The standard InChI is InChI=1S/C16H20O5/c1-11(17)8-14-9-13(19)10-16(20-14)7-6-15(21-16)4-2-12(18)3-5-15/h2-5,13-14,19H,6-10H2,1H3/t13-,14+,16+/m1/s1. The second-order valence-electron chi connectivity index (χ2n) is 6.28. The van der Waals surface area contributed by atoms with Gasteiger partial charge in [-0.05, 0) is 37.6 Å². The molecular weight excluding hydrogens is 272 g/mol. The van der Waals surface area contributed by atoms with Gasteiger partial charge in [-0.15, -0.1) is 0 Å². The Labute approximate surface area is 123 Å². The number of rotatable bonds is 2. The maximum atomic E-state index is 11.3. The van der Waals surface area contributed by atoms with Gasteiger partial charge in [-0.2, -0.15) is 0 Å². The van der Waals surface area contributed by atoms with Gasteiger partial charge in [-0.1, -0.05) is 0 Å². The fourth-order valence-corrected chi connectivity index (χ4v) is 3.44. The summed E-state index contributed by atoms with van der Waals surface area (Å²) in [5, 5.41) is 10.1. The van der Waals surface area contributed by atoms with Crippen LogP contribution in [0, 0.1) is 0 Å². The van der Waals surface area contributed by atoms with Gasteiger partial charge in [0.1, 0.15) is 11.4 Å². The SMILES string of the molecule is CC(=O)C[C@H]1C[C@@H](O)C[C@@]2(CCC3(C=CC(=O)C=C3)O2)O1. The summed E-state index contributed by atoms with van der Waals surface area (Å²) in [6.45, 7) is 1.52. The molecule has 2 fully saturated rings. The van der Waals surface area contributed by atoms with Gasteiger partial charge >= 0.3 is 0 Å². The summed E-state index contributed by atoms with van der Waals surface area (Å²) in [6.07, 6.45) is 8.18. The van der Waals surface area contributed by atoms with Crippen LogP contribution < -0.4 is 0 Å². The molecule has 0 unspecified atom stereocenters. The van der Waals surface area contributed by atoms with Crippen LogP contribution in [0.25, 0.3) is 0 Å². The molecular formula is C16H20O5. The highest BCUT2D eigenvalue weighted by Gasteiger charge is 2.52. The summed E-state index contributed by atoms with van der Waals surface area (Å²) in [5.41, 5.74) is -0.619. The normalized spacial score (nSPS) is 37.5. The quantitative estimate of drug-likeness (QED) is 0.834. The van der Waals surface area contributed by atoms with Gasteiger partial charge in [0.25, 0.3) is 0 Å². The topological polar surface area (TPSA) is 72.8 Å². The smallest absolute Gasteiger partial charge is 0.178 e. The van der Waals surface area contributed by atoms with Gasteiger partial charge in [0, 0.05) is 25.7 Å². The first-order chi connectivity index (χ1) is 9.90. The Morgan fingerprint density at radius 2 is 2.10 bits per heavy atom. The Morgan fingerprint density at radius 3 is 2.76 bits per heavy atom. The minimum Gasteiger partial charge on any atom is -0.393 e. The summed E-state index contributed by atoms with van der Waals surface area (Å²) in [4.78, 5) is 22.5. The zero-order chi connectivity index (χ0) is 15.1. The Morgan fingerprint density at radius 1 is 1.38 bits per heavy atom. The van der Waals surface area contributed by atoms with Crippen LogP contribution in [-0.2, 0) is 19.1 Å². The monoisotopic (exact) mass is 292 g/mol. The van der Waals surface area contributed by atoms with Crippen LogP contribution in [0.2, 0.25) is 0 Å². The number of carbonyl (C=O) groups excluding carboxylic acids is 2. The highest BCUT2D eigenvalue weighted by atomic mass is 16.7. The third-order valence-electron chi connectivity index (χ3n) is 4.31. The van der Waals surface area contributed by atoms with E-state index in [1.165, 1.54) is 19.1 Å². The lowest BCUT2D eigenvalue weighted by Gasteiger charge is -2.41. The van der Waals surface area contributed by atoms with E-state index >= 15 is 0 Å². The highest BCUT2D eigenvalue weighted by molar-refractivity contribution is 6.00. The van der Waals surface area contributed by atoms with E-state index < -0.39 is 17.5 Å². The summed E-state index contributed by atoms with van der Waals surface area (Å²) in [5.74, 6) is -0.864. The third-order valence-corrected chi connectivity index (χ3v) is 4.31. The van der Waals surface area contributed by atoms with Crippen molar-refractivity contribution in [2.45, 2.75) is 62.6 Å². The largest absolute Gasteiger partial charge is 0.393 e. The minimum atomic E-state index is -0.854. The molecule has 1 N–H and O–H groups in total. The second-order valence-corrected chi connectivity index (χ2v) is 6.28. The summed E-state index contributed by atoms with van der Waals surface area (Å²) in [6, 6.07) is 0. The average molecular weight is 292 g/mol. The number of hydrogen-bond donors (Lipinski definition) is 1. The van der Waals surface area contributed by atoms with Crippen molar-refractivity contribution in [1.82, 2.24) is 0 Å². The van der Waals surface area contributed by atoms with Crippen molar-refractivity contribution in [1.29, 1.82) is 0 Å². The molecule has 5 nitrogen and oxygen atoms in total. The van der Waals surface area contributed by atoms with Gasteiger partial charge in [0.15, 0.2) is 11.6 Å². The first-order valence-corrected chi connectivity index (χ1v) is 7.38. The summed E-state index contributed by atoms with van der Waals surface area (Å²) >= 11 is 0. The van der Waals surface area contributed by atoms with E-state index in [1.54, 1.807) is 12.2 Å². The molecule has 0 bridgehead atoms. The molecule has 0 radical (unpaired) electrons. The fraction of sp³-hybridized carbons (Fsp3) is 0.625. The fourth-order valence-electron chi connectivity index (χ4n) is 3.44. The van der Waals surface area contributed by atoms with E-state index in [2.05, 4.69) is 0 Å². The van der Waals surface area contributed by atoms with Crippen LogP contribution in [0.1, 0.15) is 39.0 Å². The van der Waals surface area contributed by atoms with Crippen molar-refractivity contribution in [3.8, 4) is 0 Å². The first-order valence-electron chi connectivity index (χ1n) is 7.38. The molecule has 0 saturated carbocycles. The number of Topliss-reactive ketones (excluding diaryl/α,β-unsaturated/α-hetero) is 1. The molecule has 3 aliphatic rings. The number of aliphatic hydroxyl groups excluding tert-OH is 1. The molecule has 2 spiro atoms. The van der Waals surface area contributed by atoms with Crippen molar-refractivity contribution in [2.24, 2.45) is 0 Å². The van der Waals surface area contributed by atoms with Crippen molar-refractivity contribution in [2.75, 3.05) is 0 Å². The Balaban J connectivity index is 1.76. The third kappa shape index (κ3) is 3.00. The van der Waals surface area contributed by atoms with Crippen LogP contribution in [0.15, 0.2) is 24.3 Å². The van der Waals surface area contributed by atoms with Gasteiger partial charge in [0.05, 0.1) is 12.2 Å². The molecule has 0 aromatic carbocycles. The first kappa shape index (κ1) is 14.6. The number of allylic oxidation sites excluding steroid dienone is 2. The number of ether oxygens (including phenoxy) is 2. The lowest BCUT2D eigenvalue weighted by Crippen LogP contribution is -2.48. The minimum absolute atomic E-state index is 0.0417. The number of carbonyl (C=O) groups is 2. The van der Waals surface area contributed by atoms with Crippen LogP contribution in [0.5, 0.6) is 0 Å². The molecule has 5 heteroatoms. The zero-order valence-electron chi connectivity index (χ0n) is 12.1. The molecule has 0 aromatic rings. The lowest BCUT2D eigenvalue weighted by molar-refractivity contribution is -0.290. The van der Waals surface area contributed by atoms with E-state index in [-0.39, 0.29) is 17.7 Å². The van der Waals surface area contributed by atoms with Gasteiger partial charge in [0.2, 0.25) is 0 Å². The van der Waals surface area contributed by atoms with Gasteiger partial charge in [-0.3, -0.25) is 9.59 Å². The van der Waals surface area contributed by atoms with Crippen molar-refractivity contribution >= 4 is 11.6 Å². The van der Waals surface area contributed by atoms with Crippen molar-refractivity contribution < 1.29 is 24.2 Å². The molecule has 2 heterocycles. The predicted molar refractivity (Wildman–Crippen MR) is 74.5 cm³/mol. The molecule has 2 saturated heterocycles. The molecule has 3 rings (SSSR count).